The number of benzene rings is 2. The van der Waals surface area contributed by atoms with Crippen molar-refractivity contribution in [1.82, 2.24) is 10.3 Å². The fourth-order valence-corrected chi connectivity index (χ4v) is 10.0. The minimum Gasteiger partial charge on any atom is -0.472 e. The number of nitrogens with zero attached hydrogens (tertiary/aromatic N) is 1. The van der Waals surface area contributed by atoms with E-state index in [0.29, 0.717) is 25.0 Å². The summed E-state index contributed by atoms with van der Waals surface area (Å²) >= 11 is 0. The highest BCUT2D eigenvalue weighted by atomic mass is 28.4. The minimum absolute atomic E-state index is 0.113. The van der Waals surface area contributed by atoms with Gasteiger partial charge in [0.05, 0.1) is 6.04 Å². The average Bonchev–Trinajstić information content (AvgIpc) is 3.24. The summed E-state index contributed by atoms with van der Waals surface area (Å²) in [6, 6.07) is 23.0. The number of ether oxygens (including phenoxy) is 2. The first-order valence-electron chi connectivity index (χ1n) is 14.0. The molecule has 0 saturated heterocycles. The number of alkyl carbamates (subject to hydrolysis) is 1. The topological polar surface area (TPSA) is 69.7 Å². The number of nitrogens with one attached hydrogen (secondary N) is 1. The molecule has 1 aromatic heterocycles. The lowest BCUT2D eigenvalue weighted by Gasteiger charge is -2.43. The summed E-state index contributed by atoms with van der Waals surface area (Å²) < 4.78 is 45.2. The maximum absolute atomic E-state index is 13.3. The van der Waals surface area contributed by atoms with Crippen molar-refractivity contribution in [3.63, 3.8) is 0 Å². The fourth-order valence-electron chi connectivity index (χ4n) is 5.43. The van der Waals surface area contributed by atoms with Crippen molar-refractivity contribution in [1.29, 1.82) is 0 Å². The molecule has 0 spiro atoms. The van der Waals surface area contributed by atoms with Crippen LogP contribution < -0.4 is 20.4 Å². The van der Waals surface area contributed by atoms with Crippen molar-refractivity contribution in [3.8, 4) is 5.88 Å². The first-order chi connectivity index (χ1) is 19.3. The molecule has 0 bridgehead atoms. The van der Waals surface area contributed by atoms with Gasteiger partial charge in [-0.25, -0.2) is 18.6 Å². The van der Waals surface area contributed by atoms with Crippen LogP contribution in [0, 0.1) is 0 Å². The Labute approximate surface area is 242 Å². The zero-order valence-corrected chi connectivity index (χ0v) is 25.6. The Morgan fingerprint density at radius 3 is 2.05 bits per heavy atom. The summed E-state index contributed by atoms with van der Waals surface area (Å²) in [5.41, 5.74) is -0.503. The first-order valence-corrected chi connectivity index (χ1v) is 15.9. The highest BCUT2D eigenvalue weighted by Gasteiger charge is 2.50. The van der Waals surface area contributed by atoms with E-state index >= 15 is 0 Å². The van der Waals surface area contributed by atoms with Crippen molar-refractivity contribution in [3.05, 3.63) is 84.1 Å². The van der Waals surface area contributed by atoms with Gasteiger partial charge in [-0.3, -0.25) is 0 Å². The minimum atomic E-state index is -2.72. The second-order valence-electron chi connectivity index (χ2n) is 12.4. The fraction of sp³-hybridized carbons (Fsp3) is 0.438. The number of aromatic nitrogens is 1. The van der Waals surface area contributed by atoms with E-state index in [1.54, 1.807) is 26.8 Å². The molecular formula is C32H40F2N2O4Si. The van der Waals surface area contributed by atoms with E-state index in [1.165, 1.54) is 16.4 Å². The average molecular weight is 583 g/mol. The Morgan fingerprint density at radius 1 is 0.951 bits per heavy atom. The first kappa shape index (κ1) is 30.7. The van der Waals surface area contributed by atoms with Crippen LogP contribution in [0.25, 0.3) is 0 Å². The van der Waals surface area contributed by atoms with Gasteiger partial charge in [0.2, 0.25) is 5.88 Å². The van der Waals surface area contributed by atoms with Gasteiger partial charge in [-0.2, -0.15) is 0 Å². The summed E-state index contributed by atoms with van der Waals surface area (Å²) in [5.74, 6) is 0.113. The lowest BCUT2D eigenvalue weighted by Crippen LogP contribution is -2.66. The van der Waals surface area contributed by atoms with Crippen LogP contribution in [-0.4, -0.2) is 37.7 Å². The van der Waals surface area contributed by atoms with Crippen molar-refractivity contribution < 1.29 is 27.5 Å². The Morgan fingerprint density at radius 2 is 1.54 bits per heavy atom. The molecule has 0 radical (unpaired) electrons. The second-order valence-corrected chi connectivity index (χ2v) is 16.7. The van der Waals surface area contributed by atoms with Gasteiger partial charge in [-0.15, -0.1) is 0 Å². The number of hydrogen-bond donors (Lipinski definition) is 1. The molecule has 41 heavy (non-hydrogen) atoms. The van der Waals surface area contributed by atoms with Crippen LogP contribution in [-0.2, 0) is 9.16 Å². The number of carbonyl (C=O) groups excluding carboxylic acids is 1. The Balaban J connectivity index is 1.55. The van der Waals surface area contributed by atoms with Gasteiger partial charge in [-0.1, -0.05) is 81.4 Å². The zero-order valence-electron chi connectivity index (χ0n) is 24.6. The van der Waals surface area contributed by atoms with Gasteiger partial charge < -0.3 is 19.2 Å². The maximum atomic E-state index is 13.3. The van der Waals surface area contributed by atoms with E-state index in [0.717, 1.165) is 0 Å². The van der Waals surface area contributed by atoms with E-state index < -0.39 is 38.6 Å². The quantitative estimate of drug-likeness (QED) is 0.225. The van der Waals surface area contributed by atoms with Crippen molar-refractivity contribution in [2.24, 2.45) is 0 Å². The van der Waals surface area contributed by atoms with E-state index in [2.05, 4.69) is 55.3 Å². The van der Waals surface area contributed by atoms with E-state index in [1.807, 2.05) is 36.4 Å². The number of amides is 1. The van der Waals surface area contributed by atoms with Gasteiger partial charge in [0, 0.05) is 12.2 Å². The van der Waals surface area contributed by atoms with Crippen LogP contribution in [0.15, 0.2) is 72.8 Å². The maximum Gasteiger partial charge on any atom is 0.408 e. The molecule has 2 aromatic carbocycles. The Hall–Kier alpha value is -3.30. The molecule has 6 nitrogen and oxygen atoms in total. The van der Waals surface area contributed by atoms with Gasteiger partial charge in [0.1, 0.15) is 17.4 Å². The molecule has 2 heterocycles. The zero-order chi connectivity index (χ0) is 29.8. The molecule has 3 aromatic rings. The summed E-state index contributed by atoms with van der Waals surface area (Å²) in [4.78, 5) is 16.7. The Kier molecular flexibility index (Phi) is 9.18. The summed E-state index contributed by atoms with van der Waals surface area (Å²) in [7, 11) is -2.71. The van der Waals surface area contributed by atoms with Gasteiger partial charge in [0.25, 0.3) is 14.7 Å². The van der Waals surface area contributed by atoms with Crippen LogP contribution in [0.1, 0.15) is 78.1 Å². The number of carbonyl (C=O) groups is 1. The third-order valence-electron chi connectivity index (χ3n) is 7.15. The van der Waals surface area contributed by atoms with Crippen LogP contribution in [0.3, 0.4) is 0 Å². The highest BCUT2D eigenvalue weighted by molar-refractivity contribution is 6.99. The smallest absolute Gasteiger partial charge is 0.408 e. The summed E-state index contributed by atoms with van der Waals surface area (Å²) in [6.45, 7) is 12.5. The van der Waals surface area contributed by atoms with Crippen molar-refractivity contribution in [2.45, 2.75) is 83.6 Å². The Bertz CT molecular complexity index is 1270. The number of fused-ring (bicyclic) bond motifs is 1. The molecule has 1 N–H and O–H groups in total. The molecule has 1 amide bonds. The SMILES string of the molecule is CC(C)(C)OC(=O)N[C@@H]1c2ccc(C(F)F)nc2O[C@@H]1CCCO[Si](c1ccccc1)(c1ccccc1)C(C)(C)C. The number of hydrogen-bond acceptors (Lipinski definition) is 5. The van der Waals surface area contributed by atoms with E-state index in [-0.39, 0.29) is 16.6 Å². The predicted octanol–water partition coefficient (Wildman–Crippen LogP) is 6.70. The van der Waals surface area contributed by atoms with Crippen LogP contribution >= 0.6 is 0 Å². The normalized spacial score (nSPS) is 17.2. The van der Waals surface area contributed by atoms with Gasteiger partial charge >= 0.3 is 6.09 Å². The predicted molar refractivity (Wildman–Crippen MR) is 159 cm³/mol. The molecule has 9 heteroatoms. The monoisotopic (exact) mass is 582 g/mol. The summed E-state index contributed by atoms with van der Waals surface area (Å²) in [5, 5.41) is 5.10. The number of alkyl halides is 2. The molecule has 2 atom stereocenters. The van der Waals surface area contributed by atoms with Gasteiger partial charge in [0.15, 0.2) is 0 Å². The highest BCUT2D eigenvalue weighted by Crippen LogP contribution is 2.40. The van der Waals surface area contributed by atoms with E-state index in [9.17, 15) is 13.6 Å². The lowest BCUT2D eigenvalue weighted by molar-refractivity contribution is 0.0461. The number of rotatable bonds is 9. The molecule has 1 aliphatic rings. The molecule has 0 fully saturated rings. The molecule has 1 aliphatic heterocycles. The molecular weight excluding hydrogens is 542 g/mol. The number of pyridine rings is 1. The lowest BCUT2D eigenvalue weighted by atomic mass is 10.0. The third kappa shape index (κ3) is 6.96. The van der Waals surface area contributed by atoms with E-state index in [4.69, 9.17) is 13.9 Å². The van der Waals surface area contributed by atoms with Crippen molar-refractivity contribution in [2.75, 3.05) is 6.61 Å². The number of halogens is 2. The van der Waals surface area contributed by atoms with Crippen LogP contribution in [0.2, 0.25) is 5.04 Å². The molecule has 0 aliphatic carbocycles. The molecule has 0 saturated carbocycles. The van der Waals surface area contributed by atoms with Crippen molar-refractivity contribution >= 4 is 24.8 Å². The second kappa shape index (κ2) is 12.3. The molecule has 0 unspecified atom stereocenters. The largest absolute Gasteiger partial charge is 0.472 e. The molecule has 4 rings (SSSR count). The standard InChI is InChI=1S/C32H40F2N2O4Si/c1-31(2,3)40-30(37)36-27-24-19-20-25(28(33)34)35-29(24)39-26(27)18-13-21-38-41(32(4,5)6,22-14-9-7-10-15-22)23-16-11-8-12-17-23/h7-12,14-17,19-20,26-28H,13,18,21H2,1-6H3,(H,36,37)/t26-,27-/m1/s1. The third-order valence-corrected chi connectivity index (χ3v) is 12.2. The summed E-state index contributed by atoms with van der Waals surface area (Å²) in [6.07, 6.45) is -2.71. The van der Waals surface area contributed by atoms with Crippen LogP contribution in [0.4, 0.5) is 13.6 Å². The van der Waals surface area contributed by atoms with Crippen LogP contribution in [0.5, 0.6) is 5.88 Å². The molecule has 220 valence electrons. The van der Waals surface area contributed by atoms with Gasteiger partial charge in [-0.05, 0) is 61.2 Å².